The van der Waals surface area contributed by atoms with Gasteiger partial charge in [0.2, 0.25) is 11.8 Å². The first-order valence-corrected chi connectivity index (χ1v) is 14.7. The second kappa shape index (κ2) is 11.4. The standard InChI is InChI=1S/C29H32F5N7O2/c30-28(31)9-5-17(6-10-28)25(40-27(43)20-8-12-35-26(38-20)18-3-4-18)21-15-41-22(37-21)13-19(14-36-41)24(16-1-2-16)39-23(42)7-11-29(32,33)34/h8,12-18,24-25H,1-7,9-11H2,(H,39,42)(H,40,43)/t24-,25+/m1/s1. The van der Waals surface area contributed by atoms with Gasteiger partial charge in [0.1, 0.15) is 11.5 Å². The predicted molar refractivity (Wildman–Crippen MR) is 143 cm³/mol. The number of nitrogens with one attached hydrogen (secondary N) is 2. The first kappa shape index (κ1) is 29.4. The molecule has 3 aliphatic carbocycles. The van der Waals surface area contributed by atoms with Crippen LogP contribution in [0, 0.1) is 11.8 Å². The Balaban J connectivity index is 1.24. The third-order valence-corrected chi connectivity index (χ3v) is 8.45. The third kappa shape index (κ3) is 7.27. The summed E-state index contributed by atoms with van der Waals surface area (Å²) in [6.07, 6.45) is 1.81. The van der Waals surface area contributed by atoms with Crippen LogP contribution in [0.15, 0.2) is 30.7 Å². The zero-order valence-corrected chi connectivity index (χ0v) is 23.3. The van der Waals surface area contributed by atoms with E-state index in [4.69, 9.17) is 4.98 Å². The molecule has 3 aromatic rings. The van der Waals surface area contributed by atoms with Crippen LogP contribution in [-0.2, 0) is 4.79 Å². The molecule has 43 heavy (non-hydrogen) atoms. The van der Waals surface area contributed by atoms with Crippen molar-refractivity contribution in [3.05, 3.63) is 53.5 Å². The van der Waals surface area contributed by atoms with Crippen molar-refractivity contribution in [3.8, 4) is 0 Å². The number of alkyl halides is 5. The zero-order chi connectivity index (χ0) is 30.4. The number of hydrogen-bond acceptors (Lipinski definition) is 6. The molecule has 3 fully saturated rings. The lowest BCUT2D eigenvalue weighted by molar-refractivity contribution is -0.144. The summed E-state index contributed by atoms with van der Waals surface area (Å²) in [4.78, 5) is 39.0. The Morgan fingerprint density at radius 3 is 2.40 bits per heavy atom. The van der Waals surface area contributed by atoms with Crippen LogP contribution in [0.5, 0.6) is 0 Å². The van der Waals surface area contributed by atoms with Gasteiger partial charge in [0.15, 0.2) is 5.65 Å². The molecule has 0 radical (unpaired) electrons. The summed E-state index contributed by atoms with van der Waals surface area (Å²) in [7, 11) is 0. The van der Waals surface area contributed by atoms with Gasteiger partial charge < -0.3 is 10.6 Å². The number of fused-ring (bicyclic) bond motifs is 1. The van der Waals surface area contributed by atoms with Gasteiger partial charge in [0, 0.05) is 31.4 Å². The van der Waals surface area contributed by atoms with Gasteiger partial charge in [0.25, 0.3) is 5.91 Å². The molecule has 9 nitrogen and oxygen atoms in total. The lowest BCUT2D eigenvalue weighted by Gasteiger charge is -2.33. The highest BCUT2D eigenvalue weighted by Crippen LogP contribution is 2.43. The Morgan fingerprint density at radius 2 is 1.72 bits per heavy atom. The molecule has 3 saturated carbocycles. The summed E-state index contributed by atoms with van der Waals surface area (Å²) >= 11 is 0. The second-order valence-corrected chi connectivity index (χ2v) is 12.0. The van der Waals surface area contributed by atoms with Crippen molar-refractivity contribution in [2.24, 2.45) is 11.8 Å². The normalized spacial score (nSPS) is 20.5. The summed E-state index contributed by atoms with van der Waals surface area (Å²) in [5, 5.41) is 10.1. The minimum Gasteiger partial charge on any atom is -0.349 e. The van der Waals surface area contributed by atoms with Crippen molar-refractivity contribution in [1.29, 1.82) is 0 Å². The summed E-state index contributed by atoms with van der Waals surface area (Å²) in [6.45, 7) is 0. The van der Waals surface area contributed by atoms with Crippen molar-refractivity contribution in [1.82, 2.24) is 35.2 Å². The molecule has 3 aliphatic rings. The van der Waals surface area contributed by atoms with Crippen molar-refractivity contribution in [2.45, 2.75) is 94.3 Å². The van der Waals surface area contributed by atoms with E-state index in [1.54, 1.807) is 24.7 Å². The quantitative estimate of drug-likeness (QED) is 0.291. The summed E-state index contributed by atoms with van der Waals surface area (Å²) in [5.41, 5.74) is 1.66. The molecule has 0 unspecified atom stereocenters. The fraction of sp³-hybridized carbons (Fsp3) is 0.586. The van der Waals surface area contributed by atoms with Crippen LogP contribution in [0.25, 0.3) is 5.65 Å². The SMILES string of the molecule is O=C(CCC(F)(F)F)N[C@@H](c1cnn2cc([C@@H](NC(=O)c3ccnc(C4CC4)n3)C3CCC(F)(F)CC3)nc2c1)C1CC1. The number of carbonyl (C=O) groups is 2. The lowest BCUT2D eigenvalue weighted by Crippen LogP contribution is -2.37. The van der Waals surface area contributed by atoms with E-state index in [9.17, 15) is 31.5 Å². The molecule has 3 aromatic heterocycles. The number of halogens is 5. The lowest BCUT2D eigenvalue weighted by atomic mass is 9.81. The average Bonchev–Trinajstić information content (AvgIpc) is 3.90. The fourth-order valence-electron chi connectivity index (χ4n) is 5.72. The van der Waals surface area contributed by atoms with Crippen molar-refractivity contribution in [3.63, 3.8) is 0 Å². The molecule has 230 valence electrons. The van der Waals surface area contributed by atoms with Gasteiger partial charge in [0.05, 0.1) is 36.6 Å². The van der Waals surface area contributed by atoms with Crippen molar-refractivity contribution in [2.75, 3.05) is 0 Å². The smallest absolute Gasteiger partial charge is 0.349 e. The topological polar surface area (TPSA) is 114 Å². The van der Waals surface area contributed by atoms with Gasteiger partial charge in [-0.1, -0.05) is 0 Å². The molecule has 14 heteroatoms. The van der Waals surface area contributed by atoms with E-state index in [0.29, 0.717) is 22.7 Å². The maximum absolute atomic E-state index is 14.0. The van der Waals surface area contributed by atoms with Crippen LogP contribution < -0.4 is 10.6 Å². The Morgan fingerprint density at radius 1 is 1.00 bits per heavy atom. The largest absolute Gasteiger partial charge is 0.389 e. The zero-order valence-electron chi connectivity index (χ0n) is 23.3. The fourth-order valence-corrected chi connectivity index (χ4v) is 5.72. The molecule has 0 saturated heterocycles. The molecule has 0 aromatic carbocycles. The summed E-state index contributed by atoms with van der Waals surface area (Å²) in [5.74, 6) is -3.26. The maximum atomic E-state index is 14.0. The number of carbonyl (C=O) groups excluding carboxylic acids is 2. The molecule has 0 bridgehead atoms. The Kier molecular flexibility index (Phi) is 7.80. The molecule has 2 amide bonds. The first-order valence-electron chi connectivity index (χ1n) is 14.7. The van der Waals surface area contributed by atoms with Gasteiger partial charge in [-0.25, -0.2) is 28.2 Å². The average molecular weight is 606 g/mol. The number of amides is 2. The van der Waals surface area contributed by atoms with Crippen molar-refractivity contribution >= 4 is 17.5 Å². The Bertz CT molecular complexity index is 1490. The summed E-state index contributed by atoms with van der Waals surface area (Å²) < 4.78 is 67.4. The van der Waals surface area contributed by atoms with E-state index in [2.05, 4.69) is 25.7 Å². The van der Waals surface area contributed by atoms with E-state index in [0.717, 1.165) is 25.7 Å². The van der Waals surface area contributed by atoms with Gasteiger partial charge in [-0.3, -0.25) is 9.59 Å². The van der Waals surface area contributed by atoms with Gasteiger partial charge >= 0.3 is 6.18 Å². The van der Waals surface area contributed by atoms with Crippen LogP contribution in [0.3, 0.4) is 0 Å². The molecule has 0 spiro atoms. The maximum Gasteiger partial charge on any atom is 0.389 e. The van der Waals surface area contributed by atoms with Crippen molar-refractivity contribution < 1.29 is 31.5 Å². The van der Waals surface area contributed by atoms with Gasteiger partial charge in [-0.05, 0) is 68.1 Å². The number of hydrogen-bond donors (Lipinski definition) is 2. The van der Waals surface area contributed by atoms with E-state index in [-0.39, 0.29) is 49.1 Å². The van der Waals surface area contributed by atoms with E-state index >= 15 is 0 Å². The monoisotopic (exact) mass is 605 g/mol. The molecule has 3 heterocycles. The minimum atomic E-state index is -4.42. The Hall–Kier alpha value is -3.71. The molecular weight excluding hydrogens is 573 g/mol. The highest BCUT2D eigenvalue weighted by atomic mass is 19.4. The predicted octanol–water partition coefficient (Wildman–Crippen LogP) is 5.60. The summed E-state index contributed by atoms with van der Waals surface area (Å²) in [6, 6.07) is 2.04. The van der Waals surface area contributed by atoms with E-state index < -0.39 is 48.8 Å². The molecular formula is C29H32F5N7O2. The van der Waals surface area contributed by atoms with E-state index in [1.807, 2.05) is 0 Å². The molecule has 2 atom stereocenters. The number of aromatic nitrogens is 5. The highest BCUT2D eigenvalue weighted by Gasteiger charge is 2.40. The second-order valence-electron chi connectivity index (χ2n) is 12.0. The molecule has 6 rings (SSSR count). The van der Waals surface area contributed by atoms with E-state index in [1.165, 1.54) is 10.6 Å². The van der Waals surface area contributed by atoms with Crippen LogP contribution in [-0.4, -0.2) is 48.5 Å². The highest BCUT2D eigenvalue weighted by molar-refractivity contribution is 5.92. The van der Waals surface area contributed by atoms with Crippen LogP contribution in [0.2, 0.25) is 0 Å². The number of rotatable bonds is 10. The van der Waals surface area contributed by atoms with Gasteiger partial charge in [-0.2, -0.15) is 18.3 Å². The van der Waals surface area contributed by atoms with Crippen LogP contribution in [0.4, 0.5) is 22.0 Å². The number of nitrogens with zero attached hydrogens (tertiary/aromatic N) is 5. The van der Waals surface area contributed by atoms with Gasteiger partial charge in [-0.15, -0.1) is 0 Å². The van der Waals surface area contributed by atoms with Crippen LogP contribution in [0.1, 0.15) is 110 Å². The number of imidazole rings is 1. The molecule has 0 aliphatic heterocycles. The van der Waals surface area contributed by atoms with Crippen LogP contribution >= 0.6 is 0 Å². The Labute approximate surface area is 244 Å². The third-order valence-electron chi connectivity index (χ3n) is 8.45. The molecule has 2 N–H and O–H groups in total. The minimum absolute atomic E-state index is 0.0813. The first-order chi connectivity index (χ1) is 20.4.